The number of amides is 1. The van der Waals surface area contributed by atoms with Crippen molar-refractivity contribution in [2.24, 2.45) is 0 Å². The number of benzene rings is 1. The van der Waals surface area contributed by atoms with Crippen LogP contribution in [0.3, 0.4) is 0 Å². The number of ketones is 2. The van der Waals surface area contributed by atoms with Crippen molar-refractivity contribution >= 4 is 23.2 Å². The zero-order valence-corrected chi connectivity index (χ0v) is 13.7. The fourth-order valence-corrected chi connectivity index (χ4v) is 3.45. The van der Waals surface area contributed by atoms with E-state index >= 15 is 0 Å². The van der Waals surface area contributed by atoms with Gasteiger partial charge in [-0.25, -0.2) is 4.39 Å². The van der Waals surface area contributed by atoms with Crippen LogP contribution in [-0.2, 0) is 24.5 Å². The van der Waals surface area contributed by atoms with Crippen LogP contribution in [-0.4, -0.2) is 42.3 Å². The van der Waals surface area contributed by atoms with Crippen molar-refractivity contribution in [3.8, 4) is 0 Å². The summed E-state index contributed by atoms with van der Waals surface area (Å²) in [4.78, 5) is 36.6. The Morgan fingerprint density at radius 2 is 2.00 bits per heavy atom. The highest BCUT2D eigenvalue weighted by molar-refractivity contribution is 6.28. The minimum Gasteiger partial charge on any atom is -0.506 e. The first kappa shape index (κ1) is 17.3. The van der Waals surface area contributed by atoms with Gasteiger partial charge in [0, 0.05) is 18.8 Å². The lowest BCUT2D eigenvalue weighted by Crippen LogP contribution is -2.48. The van der Waals surface area contributed by atoms with Crippen molar-refractivity contribution in [1.29, 1.82) is 0 Å². The van der Waals surface area contributed by atoms with Gasteiger partial charge in [-0.1, -0.05) is 6.07 Å². The molecule has 2 aliphatic rings. The van der Waals surface area contributed by atoms with Gasteiger partial charge in [-0.2, -0.15) is 0 Å². The molecule has 0 unspecified atom stereocenters. The Bertz CT molecular complexity index is 793. The molecule has 0 atom stereocenters. The molecule has 3 rings (SSSR count). The second-order valence-electron chi connectivity index (χ2n) is 6.32. The third-order valence-electron chi connectivity index (χ3n) is 4.72. The molecule has 1 aliphatic heterocycles. The first-order valence-corrected chi connectivity index (χ1v) is 8.00. The van der Waals surface area contributed by atoms with Gasteiger partial charge in [-0.3, -0.25) is 14.4 Å². The minimum absolute atomic E-state index is 0.134. The Kier molecular flexibility index (Phi) is 4.43. The highest BCUT2D eigenvalue weighted by Crippen LogP contribution is 2.45. The summed E-state index contributed by atoms with van der Waals surface area (Å²) in [6.45, 7) is 1.69. The topological polar surface area (TPSA) is 92.7 Å². The predicted molar refractivity (Wildman–Crippen MR) is 86.4 cm³/mol. The number of aliphatic hydroxyl groups excluding tert-OH is 1. The maximum Gasteiger partial charge on any atom is 0.259 e. The van der Waals surface area contributed by atoms with Gasteiger partial charge >= 0.3 is 0 Å². The second-order valence-corrected chi connectivity index (χ2v) is 6.32. The third kappa shape index (κ3) is 2.84. The summed E-state index contributed by atoms with van der Waals surface area (Å²) >= 11 is 0. The molecule has 0 radical (unpaired) electrons. The molecule has 6 nitrogen and oxygen atoms in total. The van der Waals surface area contributed by atoms with Gasteiger partial charge in [-0.15, -0.1) is 0 Å². The van der Waals surface area contributed by atoms with Crippen molar-refractivity contribution in [1.82, 2.24) is 5.32 Å². The van der Waals surface area contributed by atoms with E-state index in [1.807, 2.05) is 0 Å². The molecule has 1 aliphatic carbocycles. The quantitative estimate of drug-likeness (QED) is 0.807. The fraction of sp³-hybridized carbons (Fsp3) is 0.389. The molecule has 1 aromatic carbocycles. The number of carbonyl (C=O) groups excluding carboxylic acids is 3. The Balaban J connectivity index is 2.14. The van der Waals surface area contributed by atoms with Gasteiger partial charge in [0.15, 0.2) is 5.78 Å². The lowest BCUT2D eigenvalue weighted by atomic mass is 9.64. The van der Waals surface area contributed by atoms with E-state index in [1.165, 1.54) is 19.1 Å². The molecule has 1 heterocycles. The molecular formula is C18H18FNO5. The highest BCUT2D eigenvalue weighted by atomic mass is 19.1. The minimum atomic E-state index is -1.03. The van der Waals surface area contributed by atoms with E-state index in [-0.39, 0.29) is 17.9 Å². The average molecular weight is 347 g/mol. The van der Waals surface area contributed by atoms with Crippen LogP contribution in [0.25, 0.3) is 5.76 Å². The number of aliphatic hydroxyl groups is 1. The number of hydrogen-bond donors (Lipinski definition) is 2. The first-order valence-electron chi connectivity index (χ1n) is 8.00. The summed E-state index contributed by atoms with van der Waals surface area (Å²) in [6, 6.07) is 3.83. The summed E-state index contributed by atoms with van der Waals surface area (Å²) in [5, 5.41) is 12.8. The van der Waals surface area contributed by atoms with E-state index in [0.717, 1.165) is 6.07 Å². The van der Waals surface area contributed by atoms with E-state index in [2.05, 4.69) is 5.32 Å². The van der Waals surface area contributed by atoms with Gasteiger partial charge in [-0.05, 0) is 37.5 Å². The van der Waals surface area contributed by atoms with Crippen molar-refractivity contribution < 1.29 is 28.6 Å². The van der Waals surface area contributed by atoms with E-state index in [0.29, 0.717) is 31.6 Å². The zero-order chi connectivity index (χ0) is 18.2. The molecule has 1 amide bonds. The van der Waals surface area contributed by atoms with Crippen LogP contribution in [0, 0.1) is 5.82 Å². The maximum absolute atomic E-state index is 13.7. The fourth-order valence-electron chi connectivity index (χ4n) is 3.45. The van der Waals surface area contributed by atoms with Crippen LogP contribution in [0.1, 0.15) is 30.9 Å². The number of carbonyl (C=O) groups is 3. The third-order valence-corrected chi connectivity index (χ3v) is 4.72. The van der Waals surface area contributed by atoms with Crippen molar-refractivity contribution in [3.63, 3.8) is 0 Å². The molecule has 0 saturated carbocycles. The average Bonchev–Trinajstić information content (AvgIpc) is 2.59. The smallest absolute Gasteiger partial charge is 0.259 e. The summed E-state index contributed by atoms with van der Waals surface area (Å²) in [6.07, 6.45) is 0.669. The van der Waals surface area contributed by atoms with Crippen molar-refractivity contribution in [3.05, 3.63) is 40.7 Å². The molecule has 1 fully saturated rings. The Hall–Kier alpha value is -2.54. The van der Waals surface area contributed by atoms with Crippen molar-refractivity contribution in [2.45, 2.75) is 25.2 Å². The van der Waals surface area contributed by atoms with Gasteiger partial charge < -0.3 is 15.2 Å². The Morgan fingerprint density at radius 1 is 1.32 bits per heavy atom. The normalized spacial score (nSPS) is 18.9. The van der Waals surface area contributed by atoms with E-state index in [1.54, 1.807) is 0 Å². The molecule has 1 aromatic rings. The molecule has 1 saturated heterocycles. The number of halogens is 1. The molecular weight excluding hydrogens is 329 g/mol. The lowest BCUT2D eigenvalue weighted by Gasteiger charge is -2.40. The SMILES string of the molecule is CC(=O)CNC(=O)C1=C(O)c2cc(F)ccc2C2(CCOCC2)C1=O. The zero-order valence-electron chi connectivity index (χ0n) is 13.7. The number of ether oxygens (including phenoxy) is 1. The van der Waals surface area contributed by atoms with Crippen LogP contribution in [0.2, 0.25) is 0 Å². The summed E-state index contributed by atoms with van der Waals surface area (Å²) in [5.41, 5.74) is -0.824. The second kappa shape index (κ2) is 6.40. The van der Waals surface area contributed by atoms with Gasteiger partial charge in [0.25, 0.3) is 5.91 Å². The van der Waals surface area contributed by atoms with Gasteiger partial charge in [0.1, 0.15) is 22.9 Å². The molecule has 1 spiro atoms. The van der Waals surface area contributed by atoms with Crippen molar-refractivity contribution in [2.75, 3.05) is 19.8 Å². The summed E-state index contributed by atoms with van der Waals surface area (Å²) < 4.78 is 19.0. The van der Waals surface area contributed by atoms with Gasteiger partial charge in [0.05, 0.1) is 12.0 Å². The van der Waals surface area contributed by atoms with Crippen LogP contribution in [0.4, 0.5) is 4.39 Å². The number of hydrogen-bond acceptors (Lipinski definition) is 5. The molecule has 7 heteroatoms. The molecule has 0 aromatic heterocycles. The number of nitrogens with one attached hydrogen (secondary N) is 1. The lowest BCUT2D eigenvalue weighted by molar-refractivity contribution is -0.129. The standard InChI is InChI=1S/C18H18FNO5/c1-10(21)9-20-17(24)14-15(22)12-8-11(19)2-3-13(12)18(16(14)23)4-6-25-7-5-18/h2-3,8,22H,4-7,9H2,1H3,(H,20,24). The Morgan fingerprint density at radius 3 is 2.64 bits per heavy atom. The molecule has 0 bridgehead atoms. The largest absolute Gasteiger partial charge is 0.506 e. The molecule has 2 N–H and O–H groups in total. The number of fused-ring (bicyclic) bond motifs is 2. The van der Waals surface area contributed by atoms with E-state index < -0.39 is 34.3 Å². The summed E-state index contributed by atoms with van der Waals surface area (Å²) in [7, 11) is 0. The van der Waals surface area contributed by atoms with Crippen LogP contribution < -0.4 is 5.32 Å². The molecule has 132 valence electrons. The number of rotatable bonds is 3. The summed E-state index contributed by atoms with van der Waals surface area (Å²) in [5.74, 6) is -2.78. The first-order chi connectivity index (χ1) is 11.9. The highest BCUT2D eigenvalue weighted by Gasteiger charge is 2.50. The monoisotopic (exact) mass is 347 g/mol. The van der Waals surface area contributed by atoms with Gasteiger partial charge in [0.2, 0.25) is 0 Å². The van der Waals surface area contributed by atoms with Crippen LogP contribution in [0.5, 0.6) is 0 Å². The van der Waals surface area contributed by atoms with E-state index in [9.17, 15) is 23.9 Å². The number of Topliss-reactive ketones (excluding diaryl/α,β-unsaturated/α-hetero) is 2. The van der Waals surface area contributed by atoms with Crippen LogP contribution >= 0.6 is 0 Å². The van der Waals surface area contributed by atoms with E-state index in [4.69, 9.17) is 4.74 Å². The maximum atomic E-state index is 13.7. The molecule has 25 heavy (non-hydrogen) atoms. The Labute approximate surface area is 143 Å². The predicted octanol–water partition coefficient (Wildman–Crippen LogP) is 1.43. The van der Waals surface area contributed by atoms with Crippen LogP contribution in [0.15, 0.2) is 23.8 Å².